The van der Waals surface area contributed by atoms with Gasteiger partial charge in [-0.15, -0.1) is 0 Å². The zero-order chi connectivity index (χ0) is 18.9. The van der Waals surface area contributed by atoms with E-state index in [1.54, 1.807) is 0 Å². The molecule has 0 heterocycles. The van der Waals surface area contributed by atoms with Crippen LogP contribution < -0.4 is 10.1 Å². The van der Waals surface area contributed by atoms with Crippen LogP contribution in [0.5, 0.6) is 5.75 Å². The molecule has 3 rings (SSSR count). The van der Waals surface area contributed by atoms with Crippen LogP contribution in [0.1, 0.15) is 30.0 Å². The van der Waals surface area contributed by atoms with Gasteiger partial charge in [-0.2, -0.15) is 0 Å². The van der Waals surface area contributed by atoms with Gasteiger partial charge in [0, 0.05) is 22.6 Å². The number of hydrogen-bond donors (Lipinski definition) is 1. The fraction of sp³-hybridized carbons (Fsp3) is 0.250. The molecule has 1 N–H and O–H groups in total. The number of nitrogens with one attached hydrogen (secondary N) is 1. The summed E-state index contributed by atoms with van der Waals surface area (Å²) in [4.78, 5) is 0. The predicted octanol–water partition coefficient (Wildman–Crippen LogP) is 6.14. The minimum absolute atomic E-state index is 0.436. The van der Waals surface area contributed by atoms with E-state index >= 15 is 0 Å². The maximum absolute atomic E-state index is 6.08. The molecule has 0 aliphatic carbocycles. The molecule has 27 heavy (non-hydrogen) atoms. The highest BCUT2D eigenvalue weighted by atomic mass is 79.9. The van der Waals surface area contributed by atoms with Crippen molar-refractivity contribution in [2.45, 2.75) is 39.0 Å². The Morgan fingerprint density at radius 3 is 2.26 bits per heavy atom. The second-order valence-corrected chi connectivity index (χ2v) is 7.75. The summed E-state index contributed by atoms with van der Waals surface area (Å²) in [5.74, 6) is 0.935. The van der Waals surface area contributed by atoms with Crippen LogP contribution in [0.25, 0.3) is 0 Å². The zero-order valence-electron chi connectivity index (χ0n) is 15.7. The first-order chi connectivity index (χ1) is 13.2. The summed E-state index contributed by atoms with van der Waals surface area (Å²) in [5.41, 5.74) is 3.74. The van der Waals surface area contributed by atoms with Crippen LogP contribution >= 0.6 is 15.9 Å². The Morgan fingerprint density at radius 1 is 0.889 bits per heavy atom. The molecular formula is C24H26BrNO. The highest BCUT2D eigenvalue weighted by Gasteiger charge is 2.08. The molecule has 140 valence electrons. The van der Waals surface area contributed by atoms with Gasteiger partial charge in [-0.05, 0) is 49.1 Å². The molecule has 3 aromatic rings. The summed E-state index contributed by atoms with van der Waals surface area (Å²) < 4.78 is 7.15. The molecule has 0 saturated heterocycles. The third-order valence-corrected chi connectivity index (χ3v) is 5.10. The number of halogens is 1. The molecule has 0 saturated carbocycles. The van der Waals surface area contributed by atoms with Crippen molar-refractivity contribution in [3.63, 3.8) is 0 Å². The molecule has 0 aliphatic heterocycles. The topological polar surface area (TPSA) is 21.3 Å². The standard InChI is InChI=1S/C24H26BrNO/c1-19(12-13-20-8-4-2-5-9-20)26-17-22-16-23(25)14-15-24(22)27-18-21-10-6-3-7-11-21/h2-11,14-16,19,26H,12-13,17-18H2,1H3. The first-order valence-electron chi connectivity index (χ1n) is 9.43. The third-order valence-electron chi connectivity index (χ3n) is 4.61. The molecule has 0 amide bonds. The van der Waals surface area contributed by atoms with E-state index in [0.717, 1.165) is 29.6 Å². The molecule has 0 radical (unpaired) electrons. The summed E-state index contributed by atoms with van der Waals surface area (Å²) in [6, 6.07) is 27.6. The van der Waals surface area contributed by atoms with Crippen LogP contribution in [0.15, 0.2) is 83.3 Å². The second kappa shape index (κ2) is 10.3. The highest BCUT2D eigenvalue weighted by Crippen LogP contribution is 2.24. The molecule has 0 spiro atoms. The van der Waals surface area contributed by atoms with Gasteiger partial charge in [-0.3, -0.25) is 0 Å². The van der Waals surface area contributed by atoms with Gasteiger partial charge in [0.05, 0.1) is 0 Å². The number of ether oxygens (including phenoxy) is 1. The van der Waals surface area contributed by atoms with E-state index < -0.39 is 0 Å². The van der Waals surface area contributed by atoms with Crippen molar-refractivity contribution < 1.29 is 4.74 Å². The molecule has 2 nitrogen and oxygen atoms in total. The van der Waals surface area contributed by atoms with Crippen molar-refractivity contribution >= 4 is 15.9 Å². The van der Waals surface area contributed by atoms with Gasteiger partial charge < -0.3 is 10.1 Å². The van der Waals surface area contributed by atoms with E-state index in [-0.39, 0.29) is 0 Å². The molecule has 1 atom stereocenters. The Balaban J connectivity index is 1.54. The molecule has 0 aromatic heterocycles. The monoisotopic (exact) mass is 423 g/mol. The summed E-state index contributed by atoms with van der Waals surface area (Å²) >= 11 is 3.58. The third kappa shape index (κ3) is 6.53. The second-order valence-electron chi connectivity index (χ2n) is 6.83. The first-order valence-corrected chi connectivity index (χ1v) is 10.2. The largest absolute Gasteiger partial charge is 0.489 e. The quantitative estimate of drug-likeness (QED) is 0.446. The number of aryl methyl sites for hydroxylation is 1. The number of benzene rings is 3. The SMILES string of the molecule is CC(CCc1ccccc1)NCc1cc(Br)ccc1OCc1ccccc1. The van der Waals surface area contributed by atoms with Crippen LogP contribution in [-0.2, 0) is 19.6 Å². The fourth-order valence-electron chi connectivity index (χ4n) is 2.98. The lowest BCUT2D eigenvalue weighted by molar-refractivity contribution is 0.301. The van der Waals surface area contributed by atoms with E-state index in [2.05, 4.69) is 76.7 Å². The van der Waals surface area contributed by atoms with E-state index in [1.807, 2.05) is 30.3 Å². The van der Waals surface area contributed by atoms with Gasteiger partial charge in [-0.25, -0.2) is 0 Å². The molecule has 0 aliphatic rings. The Bertz CT molecular complexity index is 820. The van der Waals surface area contributed by atoms with Crippen molar-refractivity contribution in [2.75, 3.05) is 0 Å². The Morgan fingerprint density at radius 2 is 1.56 bits per heavy atom. The summed E-state index contributed by atoms with van der Waals surface area (Å²) in [5, 5.41) is 3.63. The molecule has 3 heteroatoms. The maximum atomic E-state index is 6.08. The van der Waals surface area contributed by atoms with Crippen LogP contribution in [0.2, 0.25) is 0 Å². The van der Waals surface area contributed by atoms with Crippen molar-refractivity contribution in [3.8, 4) is 5.75 Å². The summed E-state index contributed by atoms with van der Waals surface area (Å²) in [7, 11) is 0. The number of hydrogen-bond acceptors (Lipinski definition) is 2. The Labute approximate surface area is 170 Å². The lowest BCUT2D eigenvalue weighted by Crippen LogP contribution is -2.26. The minimum atomic E-state index is 0.436. The van der Waals surface area contributed by atoms with Crippen LogP contribution in [0.3, 0.4) is 0 Å². The minimum Gasteiger partial charge on any atom is -0.489 e. The van der Waals surface area contributed by atoms with Crippen molar-refractivity contribution in [1.82, 2.24) is 5.32 Å². The van der Waals surface area contributed by atoms with Crippen molar-refractivity contribution in [2.24, 2.45) is 0 Å². The number of rotatable bonds is 9. The van der Waals surface area contributed by atoms with E-state index in [4.69, 9.17) is 4.74 Å². The molecular weight excluding hydrogens is 398 g/mol. The lowest BCUT2D eigenvalue weighted by atomic mass is 10.1. The zero-order valence-corrected chi connectivity index (χ0v) is 17.3. The fourth-order valence-corrected chi connectivity index (χ4v) is 3.38. The van der Waals surface area contributed by atoms with E-state index in [1.165, 1.54) is 16.7 Å². The predicted molar refractivity (Wildman–Crippen MR) is 116 cm³/mol. The Kier molecular flexibility index (Phi) is 7.49. The van der Waals surface area contributed by atoms with Crippen LogP contribution in [0, 0.1) is 0 Å². The average Bonchev–Trinajstić information content (AvgIpc) is 2.71. The summed E-state index contributed by atoms with van der Waals surface area (Å²) in [6.45, 7) is 3.62. The smallest absolute Gasteiger partial charge is 0.124 e. The van der Waals surface area contributed by atoms with Gasteiger partial charge >= 0.3 is 0 Å². The van der Waals surface area contributed by atoms with Gasteiger partial charge in [-0.1, -0.05) is 76.6 Å². The molecule has 3 aromatic carbocycles. The van der Waals surface area contributed by atoms with Crippen molar-refractivity contribution in [3.05, 3.63) is 100 Å². The summed E-state index contributed by atoms with van der Waals surface area (Å²) in [6.07, 6.45) is 2.20. The Hall–Kier alpha value is -2.10. The molecule has 1 unspecified atom stereocenters. The van der Waals surface area contributed by atoms with Gasteiger partial charge in [0.15, 0.2) is 0 Å². The van der Waals surface area contributed by atoms with Gasteiger partial charge in [0.25, 0.3) is 0 Å². The first kappa shape index (κ1) is 19.7. The maximum Gasteiger partial charge on any atom is 0.124 e. The van der Waals surface area contributed by atoms with Crippen LogP contribution in [-0.4, -0.2) is 6.04 Å². The van der Waals surface area contributed by atoms with Crippen LogP contribution in [0.4, 0.5) is 0 Å². The highest BCUT2D eigenvalue weighted by molar-refractivity contribution is 9.10. The molecule has 0 fully saturated rings. The normalized spacial score (nSPS) is 11.9. The lowest BCUT2D eigenvalue weighted by Gasteiger charge is -2.17. The average molecular weight is 424 g/mol. The van der Waals surface area contributed by atoms with Crippen molar-refractivity contribution in [1.29, 1.82) is 0 Å². The van der Waals surface area contributed by atoms with E-state index in [0.29, 0.717) is 12.6 Å². The van der Waals surface area contributed by atoms with Gasteiger partial charge in [0.2, 0.25) is 0 Å². The van der Waals surface area contributed by atoms with E-state index in [9.17, 15) is 0 Å². The van der Waals surface area contributed by atoms with Gasteiger partial charge in [0.1, 0.15) is 12.4 Å². The molecule has 0 bridgehead atoms.